The summed E-state index contributed by atoms with van der Waals surface area (Å²) in [7, 11) is 3.17. The molecule has 2 rings (SSSR count). The van der Waals surface area contributed by atoms with Crippen LogP contribution in [0, 0.1) is 5.82 Å². The van der Waals surface area contributed by atoms with Gasteiger partial charge in [0.1, 0.15) is 17.3 Å². The van der Waals surface area contributed by atoms with Crippen molar-refractivity contribution in [2.75, 3.05) is 19.5 Å². The average Bonchev–Trinajstić information content (AvgIpc) is 2.54. The lowest BCUT2D eigenvalue weighted by Gasteiger charge is -2.09. The smallest absolute Gasteiger partial charge is 0.224 e. The highest BCUT2D eigenvalue weighted by Gasteiger charge is 2.06. The summed E-state index contributed by atoms with van der Waals surface area (Å²) in [6.07, 6.45) is 0.869. The number of halogens is 1. The number of amides is 1. The van der Waals surface area contributed by atoms with Crippen molar-refractivity contribution in [2.24, 2.45) is 0 Å². The molecule has 5 heteroatoms. The molecule has 0 fully saturated rings. The SMILES string of the molecule is COc1cc(CCC(=O)Nc2ccc(F)cc2)cc(OC)c1. The van der Waals surface area contributed by atoms with Crippen LogP contribution in [0.1, 0.15) is 12.0 Å². The number of aryl methyl sites for hydroxylation is 1. The number of carbonyl (C=O) groups excluding carboxylic acids is 1. The molecular weight excluding hydrogens is 285 g/mol. The molecule has 2 aromatic carbocycles. The van der Waals surface area contributed by atoms with Crippen LogP contribution in [0.15, 0.2) is 42.5 Å². The molecule has 116 valence electrons. The standard InChI is InChI=1S/C17H18FNO3/c1-21-15-9-12(10-16(11-15)22-2)3-8-17(20)19-14-6-4-13(18)5-7-14/h4-7,9-11H,3,8H2,1-2H3,(H,19,20). The number of benzene rings is 2. The summed E-state index contributed by atoms with van der Waals surface area (Å²) < 4.78 is 23.2. The predicted octanol–water partition coefficient (Wildman–Crippen LogP) is 3.41. The Morgan fingerprint density at radius 2 is 1.64 bits per heavy atom. The average molecular weight is 303 g/mol. The third kappa shape index (κ3) is 4.48. The molecule has 0 atom stereocenters. The van der Waals surface area contributed by atoms with Crippen molar-refractivity contribution >= 4 is 11.6 Å². The third-order valence-corrected chi connectivity index (χ3v) is 3.18. The summed E-state index contributed by atoms with van der Waals surface area (Å²) in [5.41, 5.74) is 1.53. The summed E-state index contributed by atoms with van der Waals surface area (Å²) in [6, 6.07) is 11.2. The van der Waals surface area contributed by atoms with E-state index in [0.717, 1.165) is 5.56 Å². The van der Waals surface area contributed by atoms with Gasteiger partial charge in [0.25, 0.3) is 0 Å². The van der Waals surface area contributed by atoms with E-state index < -0.39 is 0 Å². The maximum atomic E-state index is 12.8. The van der Waals surface area contributed by atoms with Crippen LogP contribution < -0.4 is 14.8 Å². The molecule has 0 spiro atoms. The van der Waals surface area contributed by atoms with E-state index in [1.807, 2.05) is 12.1 Å². The first-order chi connectivity index (χ1) is 10.6. The lowest BCUT2D eigenvalue weighted by atomic mass is 10.1. The first kappa shape index (κ1) is 15.8. The van der Waals surface area contributed by atoms with E-state index in [4.69, 9.17) is 9.47 Å². The Morgan fingerprint density at radius 3 is 2.18 bits per heavy atom. The van der Waals surface area contributed by atoms with Crippen molar-refractivity contribution in [3.8, 4) is 11.5 Å². The number of hydrogen-bond acceptors (Lipinski definition) is 3. The van der Waals surface area contributed by atoms with E-state index in [9.17, 15) is 9.18 Å². The molecule has 1 N–H and O–H groups in total. The van der Waals surface area contributed by atoms with Gasteiger partial charge in [-0.3, -0.25) is 4.79 Å². The molecule has 0 saturated heterocycles. The Hall–Kier alpha value is -2.56. The van der Waals surface area contributed by atoms with Crippen LogP contribution in [0.2, 0.25) is 0 Å². The molecule has 0 unspecified atom stereocenters. The molecule has 0 bridgehead atoms. The minimum atomic E-state index is -0.332. The minimum Gasteiger partial charge on any atom is -0.497 e. The zero-order valence-corrected chi connectivity index (χ0v) is 12.6. The van der Waals surface area contributed by atoms with Gasteiger partial charge in [-0.2, -0.15) is 0 Å². The van der Waals surface area contributed by atoms with Crippen LogP contribution in [0.5, 0.6) is 11.5 Å². The summed E-state index contributed by atoms with van der Waals surface area (Å²) in [5.74, 6) is 0.913. The second-order valence-corrected chi connectivity index (χ2v) is 4.78. The second kappa shape index (κ2) is 7.45. The molecule has 0 radical (unpaired) electrons. The Labute approximate surface area is 128 Å². The Bertz CT molecular complexity index is 619. The van der Waals surface area contributed by atoms with Crippen molar-refractivity contribution in [2.45, 2.75) is 12.8 Å². The van der Waals surface area contributed by atoms with Crippen LogP contribution in [0.4, 0.5) is 10.1 Å². The molecule has 0 aliphatic rings. The van der Waals surface area contributed by atoms with Gasteiger partial charge in [-0.15, -0.1) is 0 Å². The first-order valence-electron chi connectivity index (χ1n) is 6.88. The highest BCUT2D eigenvalue weighted by Crippen LogP contribution is 2.23. The molecule has 1 amide bonds. The number of ether oxygens (including phenoxy) is 2. The van der Waals surface area contributed by atoms with Gasteiger partial charge in [0.15, 0.2) is 0 Å². The van der Waals surface area contributed by atoms with Crippen molar-refractivity contribution in [1.29, 1.82) is 0 Å². The van der Waals surface area contributed by atoms with Crippen molar-refractivity contribution in [3.63, 3.8) is 0 Å². The second-order valence-electron chi connectivity index (χ2n) is 4.78. The molecule has 4 nitrogen and oxygen atoms in total. The molecule has 0 aliphatic heterocycles. The minimum absolute atomic E-state index is 0.131. The Balaban J connectivity index is 1.94. The molecule has 0 aromatic heterocycles. The fourth-order valence-electron chi connectivity index (χ4n) is 2.03. The number of anilines is 1. The van der Waals surface area contributed by atoms with E-state index in [1.54, 1.807) is 20.3 Å². The molecular formula is C17H18FNO3. The van der Waals surface area contributed by atoms with E-state index >= 15 is 0 Å². The zero-order chi connectivity index (χ0) is 15.9. The van der Waals surface area contributed by atoms with Gasteiger partial charge < -0.3 is 14.8 Å². The van der Waals surface area contributed by atoms with Crippen molar-refractivity contribution < 1.29 is 18.7 Å². The molecule has 2 aromatic rings. The highest BCUT2D eigenvalue weighted by molar-refractivity contribution is 5.90. The molecule has 0 saturated carbocycles. The molecule has 0 aliphatic carbocycles. The topological polar surface area (TPSA) is 47.6 Å². The quantitative estimate of drug-likeness (QED) is 0.889. The lowest BCUT2D eigenvalue weighted by molar-refractivity contribution is -0.116. The van der Waals surface area contributed by atoms with Gasteiger partial charge in [-0.25, -0.2) is 4.39 Å². The maximum Gasteiger partial charge on any atom is 0.224 e. The van der Waals surface area contributed by atoms with Crippen LogP contribution in [-0.2, 0) is 11.2 Å². The summed E-state index contributed by atoms with van der Waals surface area (Å²) in [5, 5.41) is 2.73. The number of carbonyl (C=O) groups is 1. The van der Waals surface area contributed by atoms with Gasteiger partial charge in [-0.1, -0.05) is 0 Å². The summed E-state index contributed by atoms with van der Waals surface area (Å²) in [6.45, 7) is 0. The van der Waals surface area contributed by atoms with Crippen LogP contribution in [-0.4, -0.2) is 20.1 Å². The van der Waals surface area contributed by atoms with Crippen molar-refractivity contribution in [3.05, 3.63) is 53.8 Å². The monoisotopic (exact) mass is 303 g/mol. The third-order valence-electron chi connectivity index (χ3n) is 3.18. The highest BCUT2D eigenvalue weighted by atomic mass is 19.1. The molecule has 22 heavy (non-hydrogen) atoms. The van der Waals surface area contributed by atoms with Gasteiger partial charge in [0.2, 0.25) is 5.91 Å². The van der Waals surface area contributed by atoms with E-state index in [-0.39, 0.29) is 11.7 Å². The molecule has 0 heterocycles. The summed E-state index contributed by atoms with van der Waals surface area (Å²) in [4.78, 5) is 11.9. The van der Waals surface area contributed by atoms with Crippen LogP contribution >= 0.6 is 0 Å². The maximum absolute atomic E-state index is 12.8. The largest absolute Gasteiger partial charge is 0.497 e. The number of methoxy groups -OCH3 is 2. The van der Waals surface area contributed by atoms with Gasteiger partial charge >= 0.3 is 0 Å². The predicted molar refractivity (Wildman–Crippen MR) is 82.9 cm³/mol. The van der Waals surface area contributed by atoms with Crippen LogP contribution in [0.3, 0.4) is 0 Å². The normalized spacial score (nSPS) is 10.1. The van der Waals surface area contributed by atoms with Gasteiger partial charge in [0, 0.05) is 18.2 Å². The van der Waals surface area contributed by atoms with E-state index in [0.29, 0.717) is 30.0 Å². The fourth-order valence-corrected chi connectivity index (χ4v) is 2.03. The van der Waals surface area contributed by atoms with Gasteiger partial charge in [-0.05, 0) is 48.4 Å². The Morgan fingerprint density at radius 1 is 1.05 bits per heavy atom. The van der Waals surface area contributed by atoms with Gasteiger partial charge in [0.05, 0.1) is 14.2 Å². The number of rotatable bonds is 6. The first-order valence-corrected chi connectivity index (χ1v) is 6.88. The fraction of sp³-hybridized carbons (Fsp3) is 0.235. The van der Waals surface area contributed by atoms with Crippen molar-refractivity contribution in [1.82, 2.24) is 0 Å². The van der Waals surface area contributed by atoms with E-state index in [1.165, 1.54) is 24.3 Å². The number of nitrogens with one attached hydrogen (secondary N) is 1. The lowest BCUT2D eigenvalue weighted by Crippen LogP contribution is -2.12. The van der Waals surface area contributed by atoms with Crippen LogP contribution in [0.25, 0.3) is 0 Å². The Kier molecular flexibility index (Phi) is 5.36. The number of hydrogen-bond donors (Lipinski definition) is 1. The zero-order valence-electron chi connectivity index (χ0n) is 12.6. The van der Waals surface area contributed by atoms with E-state index in [2.05, 4.69) is 5.32 Å². The summed E-state index contributed by atoms with van der Waals surface area (Å²) >= 11 is 0.